The van der Waals surface area contributed by atoms with Gasteiger partial charge in [0.2, 0.25) is 0 Å². The van der Waals surface area contributed by atoms with Crippen molar-refractivity contribution >= 4 is 11.8 Å². The van der Waals surface area contributed by atoms with E-state index in [0.29, 0.717) is 0 Å². The fourth-order valence-corrected chi connectivity index (χ4v) is 1.12. The van der Waals surface area contributed by atoms with Crippen LogP contribution in [0.5, 0.6) is 0 Å². The summed E-state index contributed by atoms with van der Waals surface area (Å²) >= 11 is 0. The van der Waals surface area contributed by atoms with Gasteiger partial charge in [0, 0.05) is 0 Å². The molecule has 0 aromatic heterocycles. The number of halogens is 4. The molecule has 0 unspecified atom stereocenters. The van der Waals surface area contributed by atoms with Crippen molar-refractivity contribution < 1.29 is 37.4 Å². The molecule has 0 saturated heterocycles. The van der Waals surface area contributed by atoms with Gasteiger partial charge in [-0.05, 0) is 27.7 Å². The van der Waals surface area contributed by atoms with Crippen molar-refractivity contribution in [1.82, 2.24) is 10.6 Å². The Labute approximate surface area is 124 Å². The summed E-state index contributed by atoms with van der Waals surface area (Å²) in [5.74, 6) is -15.4. The van der Waals surface area contributed by atoms with E-state index in [4.69, 9.17) is 10.2 Å². The molecule has 0 heterocycles. The molecule has 6 nitrogen and oxygen atoms in total. The zero-order valence-corrected chi connectivity index (χ0v) is 12.5. The lowest BCUT2D eigenvalue weighted by Gasteiger charge is -2.28. The Balaban J connectivity index is 5.14. The molecule has 0 aliphatic rings. The predicted molar refractivity (Wildman–Crippen MR) is 68.5 cm³/mol. The van der Waals surface area contributed by atoms with Crippen molar-refractivity contribution in [1.29, 1.82) is 0 Å². The highest BCUT2D eigenvalue weighted by Crippen LogP contribution is 2.35. The number of carbonyl (C=O) groups is 2. The van der Waals surface area contributed by atoms with Gasteiger partial charge in [-0.15, -0.1) is 0 Å². The summed E-state index contributed by atoms with van der Waals surface area (Å²) in [7, 11) is 0. The van der Waals surface area contributed by atoms with E-state index in [1.54, 1.807) is 0 Å². The number of hydrogen-bond donors (Lipinski definition) is 4. The summed E-state index contributed by atoms with van der Waals surface area (Å²) in [6, 6.07) is -2.43. The molecule has 130 valence electrons. The van der Waals surface area contributed by atoms with E-state index in [2.05, 4.69) is 0 Å². The minimum Gasteiger partial charge on any atom is -0.391 e. The molecule has 0 rings (SSSR count). The first-order chi connectivity index (χ1) is 9.75. The summed E-state index contributed by atoms with van der Waals surface area (Å²) < 4.78 is 54.2. The maximum Gasteiger partial charge on any atom is 0.395 e. The van der Waals surface area contributed by atoms with Crippen LogP contribution in [0.25, 0.3) is 0 Å². The van der Waals surface area contributed by atoms with E-state index in [1.165, 1.54) is 10.6 Å². The molecular formula is C12H20F4N2O4. The standard InChI is InChI=1S/C12H20F4N2O4/c1-5(7(3)19)17-9(21)11(13,14)12(15,16)10(22)18-6(2)8(4)20/h5-8,19-20H,1-4H3,(H,17,21)(H,18,22)/t5-,6-,7-,8+/m0/s1. The van der Waals surface area contributed by atoms with Crippen LogP contribution in [-0.2, 0) is 9.59 Å². The van der Waals surface area contributed by atoms with E-state index < -0.39 is 48.0 Å². The molecule has 22 heavy (non-hydrogen) atoms. The lowest BCUT2D eigenvalue weighted by molar-refractivity contribution is -0.212. The predicted octanol–water partition coefficient (Wildman–Crippen LogP) is 0.0280. The monoisotopic (exact) mass is 332 g/mol. The molecule has 0 fully saturated rings. The Hall–Kier alpha value is -1.42. The SMILES string of the molecule is C[C@H](O)[C@H](C)NC(=O)C(F)(F)C(F)(F)C(=O)N[C@@H](C)[C@@H](C)O. The molecule has 0 spiro atoms. The lowest BCUT2D eigenvalue weighted by Crippen LogP contribution is -2.62. The molecule has 0 bridgehead atoms. The van der Waals surface area contributed by atoms with E-state index in [1.807, 2.05) is 0 Å². The second-order valence-electron chi connectivity index (χ2n) is 5.15. The molecule has 0 radical (unpaired) electrons. The molecule has 0 aliphatic carbocycles. The highest BCUT2D eigenvalue weighted by Gasteiger charge is 2.67. The second kappa shape index (κ2) is 7.23. The van der Waals surface area contributed by atoms with Crippen molar-refractivity contribution in [2.75, 3.05) is 0 Å². The third-order valence-corrected chi connectivity index (χ3v) is 3.13. The lowest BCUT2D eigenvalue weighted by atomic mass is 10.1. The minimum atomic E-state index is -5.32. The zero-order valence-electron chi connectivity index (χ0n) is 12.5. The number of aliphatic hydroxyl groups is 2. The largest absolute Gasteiger partial charge is 0.395 e. The minimum absolute atomic E-state index is 1.13. The Morgan fingerprint density at radius 2 is 1.00 bits per heavy atom. The molecule has 0 aromatic carbocycles. The zero-order chi connectivity index (χ0) is 17.9. The molecule has 0 aromatic rings. The molecule has 0 saturated carbocycles. The van der Waals surface area contributed by atoms with Crippen LogP contribution < -0.4 is 10.6 Å². The Bertz CT molecular complexity index is 378. The van der Waals surface area contributed by atoms with E-state index >= 15 is 0 Å². The maximum absolute atomic E-state index is 13.6. The van der Waals surface area contributed by atoms with Gasteiger partial charge in [0.05, 0.1) is 24.3 Å². The Morgan fingerprint density at radius 3 is 1.18 bits per heavy atom. The number of amides is 2. The van der Waals surface area contributed by atoms with Gasteiger partial charge in [0.15, 0.2) is 0 Å². The Morgan fingerprint density at radius 1 is 0.773 bits per heavy atom. The molecule has 4 atom stereocenters. The summed E-state index contributed by atoms with van der Waals surface area (Å²) in [5, 5.41) is 21.2. The van der Waals surface area contributed by atoms with Crippen molar-refractivity contribution in [2.45, 2.75) is 63.8 Å². The number of aliphatic hydroxyl groups excluding tert-OH is 2. The first-order valence-electron chi connectivity index (χ1n) is 6.48. The molecule has 10 heteroatoms. The van der Waals surface area contributed by atoms with Crippen molar-refractivity contribution in [3.8, 4) is 0 Å². The molecule has 4 N–H and O–H groups in total. The highest BCUT2D eigenvalue weighted by molar-refractivity contribution is 5.95. The highest BCUT2D eigenvalue weighted by atomic mass is 19.3. The number of rotatable bonds is 7. The first kappa shape index (κ1) is 20.6. The first-order valence-corrected chi connectivity index (χ1v) is 6.48. The smallest absolute Gasteiger partial charge is 0.391 e. The van der Waals surface area contributed by atoms with Crippen LogP contribution in [0, 0.1) is 0 Å². The van der Waals surface area contributed by atoms with Crippen LogP contribution in [0.2, 0.25) is 0 Å². The average molecular weight is 332 g/mol. The number of carbonyl (C=O) groups excluding carboxylic acids is 2. The van der Waals surface area contributed by atoms with Gasteiger partial charge in [-0.2, -0.15) is 17.6 Å². The van der Waals surface area contributed by atoms with Gasteiger partial charge < -0.3 is 20.8 Å². The Kier molecular flexibility index (Phi) is 6.76. The summed E-state index contributed by atoms with van der Waals surface area (Å²) in [5.41, 5.74) is 0. The summed E-state index contributed by atoms with van der Waals surface area (Å²) in [4.78, 5) is 22.5. The molecule has 2 amide bonds. The van der Waals surface area contributed by atoms with Crippen molar-refractivity contribution in [3.05, 3.63) is 0 Å². The van der Waals surface area contributed by atoms with Crippen molar-refractivity contribution in [3.63, 3.8) is 0 Å². The van der Waals surface area contributed by atoms with Crippen LogP contribution in [-0.4, -0.2) is 58.2 Å². The van der Waals surface area contributed by atoms with E-state index in [0.717, 1.165) is 27.7 Å². The fourth-order valence-electron chi connectivity index (χ4n) is 1.12. The van der Waals surface area contributed by atoms with Crippen LogP contribution in [0.4, 0.5) is 17.6 Å². The van der Waals surface area contributed by atoms with Gasteiger partial charge in [0.1, 0.15) is 0 Å². The van der Waals surface area contributed by atoms with Crippen LogP contribution in [0.3, 0.4) is 0 Å². The fraction of sp³-hybridized carbons (Fsp3) is 0.833. The third kappa shape index (κ3) is 4.54. The quantitative estimate of drug-likeness (QED) is 0.494. The van der Waals surface area contributed by atoms with Crippen LogP contribution in [0.1, 0.15) is 27.7 Å². The van der Waals surface area contributed by atoms with Gasteiger partial charge in [0.25, 0.3) is 11.8 Å². The van der Waals surface area contributed by atoms with Crippen LogP contribution >= 0.6 is 0 Å². The number of alkyl halides is 4. The molecular weight excluding hydrogens is 312 g/mol. The topological polar surface area (TPSA) is 98.7 Å². The van der Waals surface area contributed by atoms with Gasteiger partial charge in [-0.3, -0.25) is 9.59 Å². The van der Waals surface area contributed by atoms with Gasteiger partial charge >= 0.3 is 11.8 Å². The van der Waals surface area contributed by atoms with Gasteiger partial charge in [-0.25, -0.2) is 0 Å². The van der Waals surface area contributed by atoms with Gasteiger partial charge in [-0.1, -0.05) is 0 Å². The van der Waals surface area contributed by atoms with E-state index in [9.17, 15) is 27.2 Å². The number of hydrogen-bond acceptors (Lipinski definition) is 4. The molecule has 0 aliphatic heterocycles. The maximum atomic E-state index is 13.6. The summed E-state index contributed by atoms with van der Waals surface area (Å²) in [6.07, 6.45) is -2.50. The van der Waals surface area contributed by atoms with Crippen molar-refractivity contribution in [2.24, 2.45) is 0 Å². The normalized spacial score (nSPS) is 18.1. The number of nitrogens with one attached hydrogen (secondary N) is 2. The van der Waals surface area contributed by atoms with Crippen LogP contribution in [0.15, 0.2) is 0 Å². The third-order valence-electron chi connectivity index (χ3n) is 3.13. The average Bonchev–Trinajstić information content (AvgIpc) is 2.37. The second-order valence-corrected chi connectivity index (χ2v) is 5.15. The summed E-state index contributed by atoms with van der Waals surface area (Å²) in [6.45, 7) is 4.59. The van der Waals surface area contributed by atoms with E-state index in [-0.39, 0.29) is 0 Å².